The Morgan fingerprint density at radius 3 is 2.80 bits per heavy atom. The normalized spacial score (nSPS) is 13.8. The molecule has 1 atom stereocenters. The molecule has 0 amide bonds. The third kappa shape index (κ3) is 2.99. The fourth-order valence-corrected chi connectivity index (χ4v) is 2.23. The lowest BCUT2D eigenvalue weighted by Gasteiger charge is -2.16. The van der Waals surface area contributed by atoms with Crippen molar-refractivity contribution in [1.29, 1.82) is 5.41 Å². The maximum Gasteiger partial charge on any atom is 0.471 e. The first-order chi connectivity index (χ1) is 9.33. The lowest BCUT2D eigenvalue weighted by molar-refractivity contribution is 0.139. The van der Waals surface area contributed by atoms with Crippen molar-refractivity contribution in [2.75, 3.05) is 0 Å². The van der Waals surface area contributed by atoms with Gasteiger partial charge in [0.05, 0.1) is 0 Å². The summed E-state index contributed by atoms with van der Waals surface area (Å²) in [6, 6.07) is 3.65. The van der Waals surface area contributed by atoms with Crippen molar-refractivity contribution in [1.82, 2.24) is 14.2 Å². The molecule has 0 aliphatic carbocycles. The molecule has 0 bridgehead atoms. The first-order valence-electron chi connectivity index (χ1n) is 6.15. The monoisotopic (exact) mass is 300 g/mol. The molecule has 0 fully saturated rings. The van der Waals surface area contributed by atoms with Crippen LogP contribution in [0.5, 0.6) is 0 Å². The molecule has 2 aromatic rings. The van der Waals surface area contributed by atoms with Gasteiger partial charge in [-0.15, -0.1) is 0 Å². The molecule has 0 radical (unpaired) electrons. The van der Waals surface area contributed by atoms with Gasteiger partial charge in [-0.1, -0.05) is 13.8 Å². The van der Waals surface area contributed by atoms with Crippen LogP contribution in [0, 0.1) is 5.41 Å². The average Bonchev–Trinajstić information content (AvgIpc) is 2.82. The Morgan fingerprint density at radius 1 is 1.50 bits per heavy atom. The number of fused-ring (bicyclic) bond motifs is 1. The van der Waals surface area contributed by atoms with Crippen molar-refractivity contribution >= 4 is 13.3 Å². The van der Waals surface area contributed by atoms with Crippen LogP contribution in [0.2, 0.25) is 0 Å². The van der Waals surface area contributed by atoms with Crippen LogP contribution in [0.3, 0.4) is 0 Å². The maximum atomic E-state index is 10.8. The summed E-state index contributed by atoms with van der Waals surface area (Å²) in [6.07, 6.45) is 2.23. The van der Waals surface area contributed by atoms with Crippen LogP contribution in [0.25, 0.3) is 5.52 Å². The summed E-state index contributed by atoms with van der Waals surface area (Å²) in [5, 5.41) is 7.79. The Bertz CT molecular complexity index is 717. The summed E-state index contributed by atoms with van der Waals surface area (Å²) in [7, 11) is -4.56. The van der Waals surface area contributed by atoms with Crippen LogP contribution in [-0.2, 0) is 15.8 Å². The minimum Gasteiger partial charge on any atom is -0.303 e. The average molecular weight is 300 g/mol. The van der Waals surface area contributed by atoms with Crippen LogP contribution in [0.1, 0.15) is 31.9 Å². The molecule has 20 heavy (non-hydrogen) atoms. The fourth-order valence-electron chi connectivity index (χ4n) is 1.96. The van der Waals surface area contributed by atoms with Crippen LogP contribution in [0.4, 0.5) is 0 Å². The molecule has 8 nitrogen and oxygen atoms in total. The Hall–Kier alpha value is -1.47. The van der Waals surface area contributed by atoms with Crippen molar-refractivity contribution in [3.63, 3.8) is 0 Å². The quantitative estimate of drug-likeness (QED) is 0.718. The molecule has 0 saturated heterocycles. The van der Waals surface area contributed by atoms with E-state index in [9.17, 15) is 4.57 Å². The van der Waals surface area contributed by atoms with E-state index in [-0.39, 0.29) is 18.1 Å². The topological polar surface area (TPSA) is 113 Å². The predicted octanol–water partition coefficient (Wildman–Crippen LogP) is 1.20. The van der Waals surface area contributed by atoms with Gasteiger partial charge in [0.2, 0.25) is 0 Å². The first-order valence-corrected chi connectivity index (χ1v) is 7.68. The minimum absolute atomic E-state index is 0.104. The number of aromatic nitrogens is 3. The third-order valence-corrected chi connectivity index (χ3v) is 3.63. The number of nitrogens with zero attached hydrogens (tertiary/aromatic N) is 3. The summed E-state index contributed by atoms with van der Waals surface area (Å²) in [5.41, 5.74) is 1.61. The molecule has 2 aromatic heterocycles. The lowest BCUT2D eigenvalue weighted by Crippen LogP contribution is -2.21. The van der Waals surface area contributed by atoms with Crippen molar-refractivity contribution in [3.05, 3.63) is 29.6 Å². The van der Waals surface area contributed by atoms with Crippen LogP contribution in [0.15, 0.2) is 18.5 Å². The second-order valence-corrected chi connectivity index (χ2v) is 5.79. The smallest absolute Gasteiger partial charge is 0.303 e. The van der Waals surface area contributed by atoms with E-state index in [0.29, 0.717) is 5.52 Å². The molecule has 9 heteroatoms. The summed E-state index contributed by atoms with van der Waals surface area (Å²) < 4.78 is 18.5. The van der Waals surface area contributed by atoms with E-state index in [1.165, 1.54) is 11.0 Å². The Kier molecular flexibility index (Phi) is 4.10. The van der Waals surface area contributed by atoms with E-state index >= 15 is 0 Å². The number of phosphoric ester groups is 1. The van der Waals surface area contributed by atoms with E-state index in [1.54, 1.807) is 10.6 Å². The summed E-state index contributed by atoms with van der Waals surface area (Å²) in [6.45, 7) is 3.75. The van der Waals surface area contributed by atoms with E-state index < -0.39 is 7.82 Å². The molecular weight excluding hydrogens is 283 g/mol. The molecular formula is C11H17N4O4P. The van der Waals surface area contributed by atoms with Crippen molar-refractivity contribution in [3.8, 4) is 0 Å². The van der Waals surface area contributed by atoms with E-state index in [2.05, 4.69) is 9.51 Å². The number of rotatable bonds is 5. The summed E-state index contributed by atoms with van der Waals surface area (Å²) in [4.78, 5) is 21.5. The highest BCUT2D eigenvalue weighted by atomic mass is 31.2. The molecule has 0 aliphatic heterocycles. The number of hydrogen-bond acceptors (Lipinski definition) is 4. The molecule has 0 spiro atoms. The van der Waals surface area contributed by atoms with E-state index in [4.69, 9.17) is 15.2 Å². The maximum absolute atomic E-state index is 10.8. The number of phosphoric acid groups is 1. The highest BCUT2D eigenvalue weighted by Gasteiger charge is 2.16. The molecule has 0 aromatic carbocycles. The Balaban J connectivity index is 2.54. The van der Waals surface area contributed by atoms with Gasteiger partial charge in [-0.3, -0.25) is 14.4 Å². The van der Waals surface area contributed by atoms with Crippen LogP contribution in [-0.4, -0.2) is 24.0 Å². The van der Waals surface area contributed by atoms with Gasteiger partial charge >= 0.3 is 7.82 Å². The van der Waals surface area contributed by atoms with Gasteiger partial charge in [0.1, 0.15) is 11.8 Å². The molecule has 0 aliphatic rings. The van der Waals surface area contributed by atoms with Gasteiger partial charge in [-0.05, 0) is 24.5 Å². The molecule has 0 unspecified atom stereocenters. The van der Waals surface area contributed by atoms with Gasteiger partial charge in [-0.25, -0.2) is 14.2 Å². The first kappa shape index (κ1) is 14.9. The summed E-state index contributed by atoms with van der Waals surface area (Å²) >= 11 is 0. The zero-order valence-electron chi connectivity index (χ0n) is 11.2. The van der Waals surface area contributed by atoms with Crippen molar-refractivity contribution in [2.45, 2.75) is 32.9 Å². The molecule has 2 heterocycles. The standard InChI is InChI=1S/C11H17N4O4P/c1-3-8(2)9-4-5-10-11(12)13-6-14(15(9)10)7-19-20(16,17)18/h4-6,8,12H,3,7H2,1-2H3,(H2,16,17,18)/t8-/m1/s1. The van der Waals surface area contributed by atoms with E-state index in [1.807, 2.05) is 19.9 Å². The number of nitrogens with one attached hydrogen (secondary N) is 1. The Labute approximate surface area is 115 Å². The predicted molar refractivity (Wildman–Crippen MR) is 70.9 cm³/mol. The van der Waals surface area contributed by atoms with E-state index in [0.717, 1.165) is 12.1 Å². The zero-order chi connectivity index (χ0) is 14.9. The van der Waals surface area contributed by atoms with Gasteiger partial charge < -0.3 is 9.79 Å². The van der Waals surface area contributed by atoms with Crippen LogP contribution >= 0.6 is 7.82 Å². The van der Waals surface area contributed by atoms with Gasteiger partial charge in [0.25, 0.3) is 0 Å². The van der Waals surface area contributed by atoms with Crippen LogP contribution < -0.4 is 5.49 Å². The highest BCUT2D eigenvalue weighted by molar-refractivity contribution is 7.46. The fraction of sp³-hybridized carbons (Fsp3) is 0.455. The molecule has 3 N–H and O–H groups in total. The Morgan fingerprint density at radius 2 is 2.20 bits per heavy atom. The second-order valence-electron chi connectivity index (χ2n) is 4.55. The molecule has 110 valence electrons. The SMILES string of the molecule is CC[C@@H](C)c1ccc2c(=N)ncn(COP(=O)(O)O)n12. The third-order valence-electron chi connectivity index (χ3n) is 3.18. The van der Waals surface area contributed by atoms with Gasteiger partial charge in [0.15, 0.2) is 12.2 Å². The number of hydrogen-bond donors (Lipinski definition) is 3. The second kappa shape index (κ2) is 5.49. The largest absolute Gasteiger partial charge is 0.471 e. The summed E-state index contributed by atoms with van der Waals surface area (Å²) in [5.74, 6) is 0.237. The van der Waals surface area contributed by atoms with Gasteiger partial charge in [0, 0.05) is 5.69 Å². The van der Waals surface area contributed by atoms with Gasteiger partial charge in [-0.2, -0.15) is 0 Å². The lowest BCUT2D eigenvalue weighted by atomic mass is 10.1. The highest BCUT2D eigenvalue weighted by Crippen LogP contribution is 2.36. The zero-order valence-corrected chi connectivity index (χ0v) is 12.1. The molecule has 2 rings (SSSR count). The minimum atomic E-state index is -4.56. The van der Waals surface area contributed by atoms with Crippen molar-refractivity contribution < 1.29 is 18.9 Å². The molecule has 0 saturated carbocycles. The van der Waals surface area contributed by atoms with Crippen molar-refractivity contribution in [2.24, 2.45) is 0 Å².